The van der Waals surface area contributed by atoms with E-state index < -0.39 is 10.0 Å². The fourth-order valence-electron chi connectivity index (χ4n) is 3.37. The fourth-order valence-corrected chi connectivity index (χ4v) is 4.72. The molecule has 1 aliphatic carbocycles. The van der Waals surface area contributed by atoms with E-state index in [1.54, 1.807) is 29.4 Å². The third-order valence-electron chi connectivity index (χ3n) is 5.30. The van der Waals surface area contributed by atoms with Crippen LogP contribution in [0.5, 0.6) is 0 Å². The molecule has 0 bridgehead atoms. The number of carbonyl (C=O) groups excluding carboxylic acids is 1. The number of hydrogen-bond acceptors (Lipinski definition) is 4. The molecule has 160 valence electrons. The molecule has 1 amide bonds. The maximum atomic E-state index is 13.5. The second-order valence-corrected chi connectivity index (χ2v) is 9.59. The summed E-state index contributed by atoms with van der Waals surface area (Å²) in [6.45, 7) is 2.80. The van der Waals surface area contributed by atoms with E-state index >= 15 is 0 Å². The lowest BCUT2D eigenvalue weighted by Crippen LogP contribution is -2.31. The van der Waals surface area contributed by atoms with Crippen molar-refractivity contribution in [2.45, 2.75) is 43.8 Å². The van der Waals surface area contributed by atoms with Crippen molar-refractivity contribution in [3.63, 3.8) is 0 Å². The monoisotopic (exact) mass is 435 g/mol. The summed E-state index contributed by atoms with van der Waals surface area (Å²) in [5.74, 6) is -0.226. The average molecular weight is 436 g/mol. The van der Waals surface area contributed by atoms with Crippen molar-refractivity contribution in [1.29, 1.82) is 0 Å². The number of hydrogen-bond donors (Lipinski definition) is 1. The van der Waals surface area contributed by atoms with Crippen molar-refractivity contribution in [3.8, 4) is 0 Å². The van der Waals surface area contributed by atoms with Gasteiger partial charge in [-0.15, -0.1) is 0 Å². The summed E-state index contributed by atoms with van der Waals surface area (Å²) in [5.41, 5.74) is 3.38. The van der Waals surface area contributed by atoms with E-state index in [0.29, 0.717) is 18.7 Å². The average Bonchev–Trinajstić information content (AvgIpc) is 3.58. The predicted octanol–water partition coefficient (Wildman–Crippen LogP) is 3.67. The molecule has 0 radical (unpaired) electrons. The predicted molar refractivity (Wildman–Crippen MR) is 119 cm³/mol. The van der Waals surface area contributed by atoms with Crippen LogP contribution in [0.3, 0.4) is 0 Å². The van der Waals surface area contributed by atoms with E-state index in [4.69, 9.17) is 0 Å². The lowest BCUT2D eigenvalue weighted by atomic mass is 10.1. The van der Waals surface area contributed by atoms with Crippen LogP contribution >= 0.6 is 0 Å². The summed E-state index contributed by atoms with van der Waals surface area (Å²) in [6, 6.07) is 17.9. The lowest BCUT2D eigenvalue weighted by Gasteiger charge is -2.24. The normalized spacial score (nSPS) is 13.7. The molecule has 31 heavy (non-hydrogen) atoms. The maximum absolute atomic E-state index is 13.5. The van der Waals surface area contributed by atoms with E-state index in [1.165, 1.54) is 12.1 Å². The number of aryl methyl sites for hydroxylation is 1. The van der Waals surface area contributed by atoms with Crippen LogP contribution in [0, 0.1) is 6.92 Å². The first-order valence-corrected chi connectivity index (χ1v) is 11.8. The quantitative estimate of drug-likeness (QED) is 0.585. The molecule has 1 heterocycles. The van der Waals surface area contributed by atoms with Gasteiger partial charge in [0.15, 0.2) is 0 Å². The Kier molecular flexibility index (Phi) is 6.15. The lowest BCUT2D eigenvalue weighted by molar-refractivity contribution is 0.0729. The van der Waals surface area contributed by atoms with Gasteiger partial charge in [0.05, 0.1) is 4.90 Å². The number of rotatable bonds is 8. The van der Waals surface area contributed by atoms with Crippen LogP contribution in [-0.2, 0) is 23.1 Å². The molecular formula is C24H25N3O3S. The Balaban J connectivity index is 1.63. The molecule has 1 saturated carbocycles. The Hall–Kier alpha value is -3.03. The Morgan fingerprint density at radius 2 is 1.87 bits per heavy atom. The second-order valence-electron chi connectivity index (χ2n) is 7.87. The van der Waals surface area contributed by atoms with Gasteiger partial charge < -0.3 is 4.90 Å². The van der Waals surface area contributed by atoms with Gasteiger partial charge in [-0.2, -0.15) is 0 Å². The zero-order valence-electron chi connectivity index (χ0n) is 17.4. The molecule has 0 atom stereocenters. The summed E-state index contributed by atoms with van der Waals surface area (Å²) < 4.78 is 27.9. The Labute approximate surface area is 183 Å². The molecule has 1 N–H and O–H groups in total. The minimum atomic E-state index is -3.63. The third-order valence-corrected chi connectivity index (χ3v) is 6.81. The second kappa shape index (κ2) is 8.99. The number of nitrogens with zero attached hydrogens (tertiary/aromatic N) is 2. The van der Waals surface area contributed by atoms with Crippen molar-refractivity contribution in [2.75, 3.05) is 0 Å². The Morgan fingerprint density at radius 3 is 2.58 bits per heavy atom. The largest absolute Gasteiger partial charge is 0.330 e. The zero-order chi connectivity index (χ0) is 21.8. The number of aromatic nitrogens is 1. The molecule has 1 aromatic heterocycles. The molecule has 4 rings (SSSR count). The van der Waals surface area contributed by atoms with Crippen LogP contribution < -0.4 is 4.72 Å². The first kappa shape index (κ1) is 21.2. The Bertz CT molecular complexity index is 1180. The molecule has 0 aliphatic heterocycles. The van der Waals surface area contributed by atoms with Crippen LogP contribution in [0.25, 0.3) is 0 Å². The molecule has 1 aliphatic rings. The minimum Gasteiger partial charge on any atom is -0.330 e. The van der Waals surface area contributed by atoms with Gasteiger partial charge in [-0.3, -0.25) is 9.78 Å². The summed E-state index contributed by atoms with van der Waals surface area (Å²) in [5, 5.41) is 0. The molecular weight excluding hydrogens is 410 g/mol. The standard InChI is InChI=1S/C24H25N3O3S/c1-18-6-2-3-8-21(18)17-27(16-19-7-5-13-25-15-19)24(28)20-9-4-10-23(14-20)31(29,30)26-22-11-12-22/h2-10,13-15,22,26H,11-12,16-17H2,1H3. The smallest absolute Gasteiger partial charge is 0.254 e. The van der Waals surface area contributed by atoms with Gasteiger partial charge in [0.1, 0.15) is 0 Å². The third kappa shape index (κ3) is 5.37. The van der Waals surface area contributed by atoms with E-state index in [0.717, 1.165) is 29.5 Å². The number of amides is 1. The summed E-state index contributed by atoms with van der Waals surface area (Å²) >= 11 is 0. The molecule has 7 heteroatoms. The van der Waals surface area contributed by atoms with Crippen molar-refractivity contribution < 1.29 is 13.2 Å². The molecule has 0 spiro atoms. The van der Waals surface area contributed by atoms with Gasteiger partial charge in [-0.25, -0.2) is 13.1 Å². The van der Waals surface area contributed by atoms with Crippen LogP contribution in [0.15, 0.2) is 78.0 Å². The van der Waals surface area contributed by atoms with Crippen molar-refractivity contribution in [2.24, 2.45) is 0 Å². The zero-order valence-corrected chi connectivity index (χ0v) is 18.2. The van der Waals surface area contributed by atoms with E-state index in [9.17, 15) is 13.2 Å². The maximum Gasteiger partial charge on any atom is 0.254 e. The van der Waals surface area contributed by atoms with Crippen LogP contribution in [0.2, 0.25) is 0 Å². The first-order chi connectivity index (χ1) is 14.9. The molecule has 0 saturated heterocycles. The van der Waals surface area contributed by atoms with Gasteiger partial charge in [0.25, 0.3) is 5.91 Å². The van der Waals surface area contributed by atoms with Gasteiger partial charge in [-0.05, 0) is 60.7 Å². The van der Waals surface area contributed by atoms with Crippen LogP contribution in [-0.4, -0.2) is 30.3 Å². The Morgan fingerprint density at radius 1 is 1.06 bits per heavy atom. The number of sulfonamides is 1. The molecule has 3 aromatic rings. The fraction of sp³-hybridized carbons (Fsp3) is 0.250. The van der Waals surface area contributed by atoms with Gasteiger partial charge >= 0.3 is 0 Å². The topological polar surface area (TPSA) is 79.4 Å². The number of carbonyl (C=O) groups is 1. The van der Waals surface area contributed by atoms with Gasteiger partial charge in [0.2, 0.25) is 10.0 Å². The van der Waals surface area contributed by atoms with E-state index in [2.05, 4.69) is 9.71 Å². The van der Waals surface area contributed by atoms with Crippen molar-refractivity contribution in [3.05, 3.63) is 95.3 Å². The first-order valence-electron chi connectivity index (χ1n) is 10.3. The highest BCUT2D eigenvalue weighted by atomic mass is 32.2. The van der Waals surface area contributed by atoms with Crippen molar-refractivity contribution >= 4 is 15.9 Å². The number of benzene rings is 2. The number of pyridine rings is 1. The molecule has 6 nitrogen and oxygen atoms in total. The molecule has 0 unspecified atom stereocenters. The highest BCUT2D eigenvalue weighted by molar-refractivity contribution is 7.89. The number of nitrogens with one attached hydrogen (secondary N) is 1. The minimum absolute atomic E-state index is 0.00694. The van der Waals surface area contributed by atoms with E-state index in [1.807, 2.05) is 43.3 Å². The van der Waals surface area contributed by atoms with Crippen molar-refractivity contribution in [1.82, 2.24) is 14.6 Å². The van der Waals surface area contributed by atoms with Crippen LogP contribution in [0.1, 0.15) is 39.9 Å². The van der Waals surface area contributed by atoms with Gasteiger partial charge in [0, 0.05) is 37.1 Å². The molecule has 1 fully saturated rings. The SMILES string of the molecule is Cc1ccccc1CN(Cc1cccnc1)C(=O)c1cccc(S(=O)(=O)NC2CC2)c1. The highest BCUT2D eigenvalue weighted by Gasteiger charge is 2.28. The summed E-state index contributed by atoms with van der Waals surface area (Å²) in [6.07, 6.45) is 5.14. The van der Waals surface area contributed by atoms with E-state index in [-0.39, 0.29) is 16.8 Å². The summed E-state index contributed by atoms with van der Waals surface area (Å²) in [4.78, 5) is 19.5. The molecule has 2 aromatic carbocycles. The highest BCUT2D eigenvalue weighted by Crippen LogP contribution is 2.23. The summed E-state index contributed by atoms with van der Waals surface area (Å²) in [7, 11) is -3.63. The van der Waals surface area contributed by atoms with Crippen LogP contribution in [0.4, 0.5) is 0 Å². The van der Waals surface area contributed by atoms with Gasteiger partial charge in [-0.1, -0.05) is 36.4 Å².